The van der Waals surface area contributed by atoms with E-state index < -0.39 is 70.3 Å². The summed E-state index contributed by atoms with van der Waals surface area (Å²) in [4.78, 5) is 12.6. The van der Waals surface area contributed by atoms with Crippen LogP contribution in [0, 0.1) is 28.5 Å². The van der Waals surface area contributed by atoms with Gasteiger partial charge in [0.2, 0.25) is 5.91 Å². The second-order valence-electron chi connectivity index (χ2n) is 7.39. The van der Waals surface area contributed by atoms with Crippen LogP contribution in [0.25, 0.3) is 0 Å². The topological polar surface area (TPSA) is 88.7 Å². The van der Waals surface area contributed by atoms with E-state index >= 15 is 0 Å². The lowest BCUT2D eigenvalue weighted by Gasteiger charge is -2.23. The molecule has 0 aliphatic carbocycles. The number of nitrogens with zero attached hydrogens (tertiary/aromatic N) is 2. The third kappa shape index (κ3) is 4.93. The smallest absolute Gasteiger partial charge is 0.322 e. The number of carbonyl (C=O) groups excluding carboxylic acids is 1. The maximum Gasteiger partial charge on any atom is 0.417 e. The van der Waals surface area contributed by atoms with E-state index in [1.54, 1.807) is 6.07 Å². The van der Waals surface area contributed by atoms with Gasteiger partial charge >= 0.3 is 12.4 Å². The monoisotopic (exact) mass is 504 g/mol. The van der Waals surface area contributed by atoms with Gasteiger partial charge in [-0.1, -0.05) is 17.7 Å². The Kier molecular flexibility index (Phi) is 6.78. The van der Waals surface area contributed by atoms with Crippen LogP contribution in [0.1, 0.15) is 34.6 Å². The first-order chi connectivity index (χ1) is 15.8. The lowest BCUT2D eigenvalue weighted by atomic mass is 9.88. The first-order valence-electron chi connectivity index (χ1n) is 9.41. The van der Waals surface area contributed by atoms with E-state index in [0.717, 1.165) is 24.3 Å². The first kappa shape index (κ1) is 25.3. The van der Waals surface area contributed by atoms with E-state index in [0.29, 0.717) is 6.07 Å². The first-order valence-corrected chi connectivity index (χ1v) is 9.78. The Balaban J connectivity index is 1.92. The highest BCUT2D eigenvalue weighted by atomic mass is 35.5. The summed E-state index contributed by atoms with van der Waals surface area (Å²) in [7, 11) is 0. The van der Waals surface area contributed by atoms with E-state index in [2.05, 4.69) is 10.6 Å². The van der Waals surface area contributed by atoms with E-state index in [1.807, 2.05) is 0 Å². The van der Waals surface area contributed by atoms with Crippen molar-refractivity contribution in [2.75, 3.05) is 5.32 Å². The van der Waals surface area contributed by atoms with Crippen LogP contribution < -0.4 is 10.6 Å². The average Bonchev–Trinajstić information content (AvgIpc) is 3.22. The molecule has 1 heterocycles. The fraction of sp³-hybridized carbons (Fsp3) is 0.286. The highest BCUT2D eigenvalue weighted by molar-refractivity contribution is 6.32. The zero-order valence-corrected chi connectivity index (χ0v) is 17.4. The summed E-state index contributed by atoms with van der Waals surface area (Å²) in [5, 5.41) is 21.3. The maximum absolute atomic E-state index is 14.3. The molecule has 0 aromatic heterocycles. The van der Waals surface area contributed by atoms with Gasteiger partial charge < -0.3 is 5.32 Å². The fourth-order valence-electron chi connectivity index (χ4n) is 3.70. The van der Waals surface area contributed by atoms with E-state index in [-0.39, 0.29) is 11.1 Å². The summed E-state index contributed by atoms with van der Waals surface area (Å²) in [6, 6.07) is 3.34. The number of nitrogens with one attached hydrogen (secondary N) is 2. The van der Waals surface area contributed by atoms with Crippen molar-refractivity contribution in [2.45, 2.75) is 36.8 Å². The minimum Gasteiger partial charge on any atom is -0.322 e. The van der Waals surface area contributed by atoms with Crippen molar-refractivity contribution < 1.29 is 35.5 Å². The molecule has 0 spiro atoms. The normalized spacial score (nSPS) is 20.5. The van der Waals surface area contributed by atoms with Crippen LogP contribution >= 0.6 is 11.6 Å². The Hall–Kier alpha value is -3.35. The van der Waals surface area contributed by atoms with Gasteiger partial charge in [-0.15, -0.1) is 0 Å². The zero-order valence-electron chi connectivity index (χ0n) is 16.7. The molecular formula is C21H12ClF7N4O. The zero-order chi connectivity index (χ0) is 25.4. The molecule has 0 radical (unpaired) electrons. The van der Waals surface area contributed by atoms with E-state index in [4.69, 9.17) is 22.1 Å². The van der Waals surface area contributed by atoms with Gasteiger partial charge in [0.25, 0.3) is 0 Å². The Labute approximate surface area is 192 Å². The lowest BCUT2D eigenvalue weighted by Crippen LogP contribution is -2.46. The van der Waals surface area contributed by atoms with Crippen molar-refractivity contribution in [3.05, 3.63) is 63.4 Å². The van der Waals surface area contributed by atoms with Crippen LogP contribution in [0.4, 0.5) is 36.4 Å². The summed E-state index contributed by atoms with van der Waals surface area (Å²) in [5.74, 6) is -3.85. The number of carbonyl (C=O) groups is 1. The van der Waals surface area contributed by atoms with Crippen molar-refractivity contribution in [2.24, 2.45) is 0 Å². The molecule has 3 atom stereocenters. The highest BCUT2D eigenvalue weighted by Gasteiger charge is 2.52. The van der Waals surface area contributed by atoms with Crippen molar-refractivity contribution >= 4 is 23.2 Å². The second kappa shape index (κ2) is 9.12. The number of amides is 1. The maximum atomic E-state index is 14.3. The van der Waals surface area contributed by atoms with Crippen LogP contribution in [-0.2, 0) is 11.0 Å². The van der Waals surface area contributed by atoms with E-state index in [9.17, 15) is 35.5 Å². The van der Waals surface area contributed by atoms with Crippen LogP contribution in [0.2, 0.25) is 5.02 Å². The quantitative estimate of drug-likeness (QED) is 0.558. The Morgan fingerprint density at radius 3 is 2.24 bits per heavy atom. The molecular weight excluding hydrogens is 493 g/mol. The molecule has 2 N–H and O–H groups in total. The van der Waals surface area contributed by atoms with E-state index in [1.165, 1.54) is 6.07 Å². The SMILES string of the molecule is N#Cc1ccc(C2C[C@@H](C(=O)Nc3ccc(C#N)c(Cl)c3F)N[C@H]2C(F)(F)F)cc1C(F)(F)F. The molecule has 1 aliphatic rings. The summed E-state index contributed by atoms with van der Waals surface area (Å²) in [6.45, 7) is 0. The van der Waals surface area contributed by atoms with Crippen molar-refractivity contribution in [1.82, 2.24) is 5.32 Å². The number of halogens is 8. The number of rotatable bonds is 3. The summed E-state index contributed by atoms with van der Waals surface area (Å²) >= 11 is 5.68. The fourth-order valence-corrected chi connectivity index (χ4v) is 3.91. The molecule has 1 fully saturated rings. The molecule has 1 saturated heterocycles. The number of alkyl halides is 6. The molecule has 1 aliphatic heterocycles. The molecule has 3 rings (SSSR count). The standard InChI is InChI=1S/C21H12ClF7N4O/c22-16-11(8-31)3-4-14(17(16)23)33-19(34)15-6-12(18(32-15)21(27,28)29)9-1-2-10(7-30)13(5-9)20(24,25)26/h1-5,12,15,18,32H,6H2,(H,33,34)/t12?,15-,18+/m0/s1. The summed E-state index contributed by atoms with van der Waals surface area (Å²) in [6.07, 6.45) is -10.5. The third-order valence-corrected chi connectivity index (χ3v) is 5.67. The van der Waals surface area contributed by atoms with Crippen LogP contribution in [0.3, 0.4) is 0 Å². The molecule has 2 aromatic rings. The minimum atomic E-state index is -4.98. The molecule has 13 heteroatoms. The molecule has 178 valence electrons. The van der Waals surface area contributed by atoms with Gasteiger partial charge in [0.05, 0.1) is 39.5 Å². The minimum absolute atomic E-state index is 0.227. The van der Waals surface area contributed by atoms with Gasteiger partial charge in [-0.05, 0) is 36.2 Å². The third-order valence-electron chi connectivity index (χ3n) is 5.30. The average molecular weight is 505 g/mol. The number of nitriles is 2. The van der Waals surface area contributed by atoms with Gasteiger partial charge in [0.15, 0.2) is 5.82 Å². The van der Waals surface area contributed by atoms with Crippen molar-refractivity contribution in [3.63, 3.8) is 0 Å². The predicted molar refractivity (Wildman–Crippen MR) is 105 cm³/mol. The molecule has 34 heavy (non-hydrogen) atoms. The molecule has 1 amide bonds. The lowest BCUT2D eigenvalue weighted by molar-refractivity contribution is -0.156. The molecule has 5 nitrogen and oxygen atoms in total. The Morgan fingerprint density at radius 1 is 1.06 bits per heavy atom. The van der Waals surface area contributed by atoms with Crippen molar-refractivity contribution in [1.29, 1.82) is 10.5 Å². The van der Waals surface area contributed by atoms with Gasteiger partial charge in [0.1, 0.15) is 12.1 Å². The summed E-state index contributed by atoms with van der Waals surface area (Å²) in [5.41, 5.74) is -3.23. The second-order valence-corrected chi connectivity index (χ2v) is 7.76. The predicted octanol–water partition coefficient (Wildman–Crippen LogP) is 5.26. The number of anilines is 1. The largest absolute Gasteiger partial charge is 0.417 e. The van der Waals surface area contributed by atoms with Gasteiger partial charge in [-0.2, -0.15) is 36.9 Å². The number of benzene rings is 2. The van der Waals surface area contributed by atoms with Crippen LogP contribution in [0.15, 0.2) is 30.3 Å². The molecule has 0 bridgehead atoms. The van der Waals surface area contributed by atoms with Crippen LogP contribution in [-0.4, -0.2) is 24.2 Å². The Bertz CT molecular complexity index is 1210. The van der Waals surface area contributed by atoms with Crippen LogP contribution in [0.5, 0.6) is 0 Å². The highest BCUT2D eigenvalue weighted by Crippen LogP contribution is 2.42. The number of hydrogen-bond donors (Lipinski definition) is 2. The van der Waals surface area contributed by atoms with Crippen molar-refractivity contribution in [3.8, 4) is 12.1 Å². The number of hydrogen-bond acceptors (Lipinski definition) is 4. The van der Waals surface area contributed by atoms with Gasteiger partial charge in [-0.3, -0.25) is 10.1 Å². The van der Waals surface area contributed by atoms with Gasteiger partial charge in [-0.25, -0.2) is 4.39 Å². The molecule has 1 unspecified atom stereocenters. The van der Waals surface area contributed by atoms with Gasteiger partial charge in [0, 0.05) is 5.92 Å². The molecule has 2 aromatic carbocycles. The molecule has 0 saturated carbocycles. The summed E-state index contributed by atoms with van der Waals surface area (Å²) < 4.78 is 95.1. The Morgan fingerprint density at radius 2 is 1.68 bits per heavy atom.